The second kappa shape index (κ2) is 10.2. The van der Waals surface area contributed by atoms with Gasteiger partial charge in [0.1, 0.15) is 0 Å². The number of carbonyl (C=O) groups excluding carboxylic acids is 1. The van der Waals surface area contributed by atoms with Gasteiger partial charge >= 0.3 is 0 Å². The lowest BCUT2D eigenvalue weighted by Gasteiger charge is -2.34. The summed E-state index contributed by atoms with van der Waals surface area (Å²) in [4.78, 5) is 19.4. The largest absolute Gasteiger partial charge is 0.382 e. The highest BCUT2D eigenvalue weighted by atomic mass is 127. The molecule has 0 radical (unpaired) electrons. The number of hydrogen-bond acceptors (Lipinski definition) is 4. The maximum atomic E-state index is 11.6. The molecule has 1 fully saturated rings. The van der Waals surface area contributed by atoms with E-state index in [2.05, 4.69) is 15.2 Å². The molecular weight excluding hydrogens is 375 g/mol. The van der Waals surface area contributed by atoms with Crippen molar-refractivity contribution < 1.29 is 14.3 Å². The molecule has 0 aromatic carbocycles. The van der Waals surface area contributed by atoms with Gasteiger partial charge in [0.05, 0.1) is 25.9 Å². The Morgan fingerprint density at radius 3 is 2.80 bits per heavy atom. The third kappa shape index (κ3) is 6.23. The summed E-state index contributed by atoms with van der Waals surface area (Å²) >= 11 is 0. The van der Waals surface area contributed by atoms with E-state index in [4.69, 9.17) is 9.47 Å². The molecule has 0 aliphatic carbocycles. The number of rotatable bonds is 4. The van der Waals surface area contributed by atoms with Crippen molar-refractivity contribution in [2.75, 3.05) is 61.1 Å². The van der Waals surface area contributed by atoms with Crippen molar-refractivity contribution in [2.24, 2.45) is 4.99 Å². The molecule has 0 saturated carbocycles. The number of hydrogen-bond donors (Lipinski definition) is 1. The molecule has 1 atom stereocenters. The van der Waals surface area contributed by atoms with Crippen molar-refractivity contribution in [2.45, 2.75) is 6.10 Å². The molecular formula is C12H25IN4O3. The average molecular weight is 400 g/mol. The van der Waals surface area contributed by atoms with E-state index in [1.165, 1.54) is 0 Å². The number of aliphatic imine (C=N–C) groups is 1. The fourth-order valence-electron chi connectivity index (χ4n) is 1.84. The summed E-state index contributed by atoms with van der Waals surface area (Å²) in [6.45, 7) is 2.91. The number of likely N-dealkylation sites (N-methyl/N-ethyl adjacent to an activating group) is 1. The summed E-state index contributed by atoms with van der Waals surface area (Å²) in [7, 11) is 6.83. The summed E-state index contributed by atoms with van der Waals surface area (Å²) in [5, 5.41) is 3.07. The second-order valence-electron chi connectivity index (χ2n) is 4.58. The summed E-state index contributed by atoms with van der Waals surface area (Å²) in [5.41, 5.74) is 0. The molecule has 1 heterocycles. The van der Waals surface area contributed by atoms with Crippen LogP contribution in [-0.4, -0.2) is 88.9 Å². The Balaban J connectivity index is 0.00000361. The zero-order chi connectivity index (χ0) is 14.3. The Labute approximate surface area is 137 Å². The first kappa shape index (κ1) is 19.4. The molecule has 1 aliphatic heterocycles. The second-order valence-corrected chi connectivity index (χ2v) is 4.58. The molecule has 1 aliphatic rings. The summed E-state index contributed by atoms with van der Waals surface area (Å²) in [6, 6.07) is 0. The Morgan fingerprint density at radius 1 is 1.55 bits per heavy atom. The topological polar surface area (TPSA) is 66.4 Å². The van der Waals surface area contributed by atoms with Crippen LogP contribution in [0.15, 0.2) is 4.99 Å². The van der Waals surface area contributed by atoms with Crippen LogP contribution in [0.25, 0.3) is 0 Å². The van der Waals surface area contributed by atoms with Gasteiger partial charge in [-0.1, -0.05) is 0 Å². The molecule has 118 valence electrons. The fourth-order valence-corrected chi connectivity index (χ4v) is 1.84. The van der Waals surface area contributed by atoms with Crippen molar-refractivity contribution in [1.29, 1.82) is 0 Å². The van der Waals surface area contributed by atoms with Crippen LogP contribution in [-0.2, 0) is 14.3 Å². The molecule has 20 heavy (non-hydrogen) atoms. The lowest BCUT2D eigenvalue weighted by Crippen LogP contribution is -2.52. The van der Waals surface area contributed by atoms with Gasteiger partial charge in [-0.05, 0) is 0 Å². The van der Waals surface area contributed by atoms with Crippen molar-refractivity contribution in [3.05, 3.63) is 0 Å². The van der Waals surface area contributed by atoms with Gasteiger partial charge in [0.2, 0.25) is 5.91 Å². The molecule has 1 amide bonds. The normalized spacial score (nSPS) is 19.3. The number of methoxy groups -OCH3 is 1. The van der Waals surface area contributed by atoms with Gasteiger partial charge in [0, 0.05) is 41.3 Å². The minimum atomic E-state index is 0. The molecule has 0 bridgehead atoms. The fraction of sp³-hybridized carbons (Fsp3) is 0.833. The maximum absolute atomic E-state index is 11.6. The zero-order valence-corrected chi connectivity index (χ0v) is 14.9. The molecule has 7 nitrogen and oxygen atoms in total. The van der Waals surface area contributed by atoms with Crippen molar-refractivity contribution >= 4 is 35.8 Å². The molecule has 8 heteroatoms. The van der Waals surface area contributed by atoms with E-state index in [1.54, 1.807) is 33.2 Å². The summed E-state index contributed by atoms with van der Waals surface area (Å²) in [6.07, 6.45) is 0.0434. The average Bonchev–Trinajstić information content (AvgIpc) is 2.40. The Bertz CT molecular complexity index is 324. The zero-order valence-electron chi connectivity index (χ0n) is 12.6. The molecule has 1 saturated heterocycles. The van der Waals surface area contributed by atoms with Gasteiger partial charge in [-0.2, -0.15) is 0 Å². The van der Waals surface area contributed by atoms with Crippen LogP contribution in [0.2, 0.25) is 0 Å². The molecule has 1 N–H and O–H groups in total. The van der Waals surface area contributed by atoms with E-state index in [-0.39, 0.29) is 42.5 Å². The molecule has 1 rings (SSSR count). The van der Waals surface area contributed by atoms with E-state index in [1.807, 2.05) is 0 Å². The van der Waals surface area contributed by atoms with Gasteiger partial charge in [-0.25, -0.2) is 0 Å². The predicted octanol–water partition coefficient (Wildman–Crippen LogP) is -0.385. The van der Waals surface area contributed by atoms with Crippen LogP contribution >= 0.6 is 24.0 Å². The van der Waals surface area contributed by atoms with Crippen molar-refractivity contribution in [3.63, 3.8) is 0 Å². The number of carbonyl (C=O) groups is 1. The van der Waals surface area contributed by atoms with Crippen LogP contribution in [0.5, 0.6) is 0 Å². The number of ether oxygens (including phenoxy) is 2. The lowest BCUT2D eigenvalue weighted by atomic mass is 10.3. The van der Waals surface area contributed by atoms with Crippen molar-refractivity contribution in [1.82, 2.24) is 15.1 Å². The number of morpholine rings is 1. The summed E-state index contributed by atoms with van der Waals surface area (Å²) < 4.78 is 10.7. The highest BCUT2D eigenvalue weighted by Gasteiger charge is 2.23. The van der Waals surface area contributed by atoms with Gasteiger partial charge in [-0.15, -0.1) is 24.0 Å². The molecule has 0 spiro atoms. The van der Waals surface area contributed by atoms with Crippen LogP contribution in [0.3, 0.4) is 0 Å². The van der Waals surface area contributed by atoms with E-state index in [0.717, 1.165) is 12.5 Å². The van der Waals surface area contributed by atoms with E-state index in [9.17, 15) is 4.79 Å². The quantitative estimate of drug-likeness (QED) is 0.396. The minimum Gasteiger partial charge on any atom is -0.382 e. The first-order valence-corrected chi connectivity index (χ1v) is 6.34. The number of nitrogens with zero attached hydrogens (tertiary/aromatic N) is 3. The first-order valence-electron chi connectivity index (χ1n) is 6.34. The third-order valence-corrected chi connectivity index (χ3v) is 2.90. The maximum Gasteiger partial charge on any atom is 0.241 e. The number of guanidine groups is 1. The van der Waals surface area contributed by atoms with Crippen LogP contribution in [0.1, 0.15) is 0 Å². The first-order chi connectivity index (χ1) is 9.08. The Kier molecular flexibility index (Phi) is 9.86. The van der Waals surface area contributed by atoms with Crippen molar-refractivity contribution in [3.8, 4) is 0 Å². The van der Waals surface area contributed by atoms with Crippen LogP contribution in [0, 0.1) is 0 Å². The third-order valence-electron chi connectivity index (χ3n) is 2.90. The Morgan fingerprint density at radius 2 is 2.25 bits per heavy atom. The summed E-state index contributed by atoms with van der Waals surface area (Å²) in [5.74, 6) is 0.738. The van der Waals surface area contributed by atoms with Crippen LogP contribution in [0.4, 0.5) is 0 Å². The molecule has 1 unspecified atom stereocenters. The highest BCUT2D eigenvalue weighted by molar-refractivity contribution is 14.0. The van der Waals surface area contributed by atoms with E-state index >= 15 is 0 Å². The SMILES string of the molecule is CN=C(NCC(=O)N(C)C)N1CCOC(COC)C1.I. The van der Waals surface area contributed by atoms with Gasteiger partial charge in [0.15, 0.2) is 5.96 Å². The smallest absolute Gasteiger partial charge is 0.241 e. The minimum absolute atomic E-state index is 0. The predicted molar refractivity (Wildman–Crippen MR) is 88.7 cm³/mol. The monoisotopic (exact) mass is 400 g/mol. The van der Waals surface area contributed by atoms with E-state index < -0.39 is 0 Å². The van der Waals surface area contributed by atoms with E-state index in [0.29, 0.717) is 19.8 Å². The number of nitrogens with one attached hydrogen (secondary N) is 1. The molecule has 0 aromatic heterocycles. The number of halogens is 1. The number of amides is 1. The van der Waals surface area contributed by atoms with Gasteiger partial charge in [0.25, 0.3) is 0 Å². The molecule has 0 aromatic rings. The Hall–Kier alpha value is -0.610. The van der Waals surface area contributed by atoms with Gasteiger partial charge < -0.3 is 24.6 Å². The lowest BCUT2D eigenvalue weighted by molar-refractivity contribution is -0.127. The standard InChI is InChI=1S/C12H24N4O3.HI/c1-13-12(14-7-11(17)15(2)3)16-5-6-19-10(8-16)9-18-4;/h10H,5-9H2,1-4H3,(H,13,14);1H. The van der Waals surface area contributed by atoms with Crippen LogP contribution < -0.4 is 5.32 Å². The van der Waals surface area contributed by atoms with Gasteiger partial charge in [-0.3, -0.25) is 9.79 Å². The highest BCUT2D eigenvalue weighted by Crippen LogP contribution is 2.05.